The van der Waals surface area contributed by atoms with E-state index < -0.39 is 128 Å². The number of halogens is 36. The Hall–Kier alpha value is -2.72. The lowest BCUT2D eigenvalue weighted by Gasteiger charge is -2.45. The Bertz CT molecular complexity index is 1570. The summed E-state index contributed by atoms with van der Waals surface area (Å²) in [6.45, 7) is -1.33. The smallest absolute Gasteiger partial charge is 0.265 e. The molecule has 0 rings (SSSR count). The minimum Gasteiger partial charge on any atom is -0.265 e. The Morgan fingerprint density at radius 1 is 0.270 bits per heavy atom. The van der Waals surface area contributed by atoms with E-state index in [1.54, 1.807) is 0 Å². The predicted molar refractivity (Wildman–Crippen MR) is 115 cm³/mol. The molecule has 0 N–H and O–H groups in total. The molecule has 0 aliphatic heterocycles. The highest BCUT2D eigenvalue weighted by molar-refractivity contribution is 5.02. The maximum Gasteiger partial charge on any atom is 0.458 e. The summed E-state index contributed by atoms with van der Waals surface area (Å²) >= 11 is 0. The summed E-state index contributed by atoms with van der Waals surface area (Å²) in [5, 5.41) is 0. The Kier molecular flexibility index (Phi) is 15.3. The van der Waals surface area contributed by atoms with Crippen LogP contribution in [0.5, 0.6) is 0 Å². The fourth-order valence-electron chi connectivity index (χ4n) is 3.41. The van der Waals surface area contributed by atoms with Crippen molar-refractivity contribution < 1.29 is 182 Å². The van der Waals surface area contributed by atoms with Crippen LogP contribution in [0.4, 0.5) is 158 Å². The van der Waals surface area contributed by atoms with Crippen LogP contribution < -0.4 is 0 Å². The van der Waals surface area contributed by atoms with Crippen molar-refractivity contribution >= 4 is 0 Å². The van der Waals surface area contributed by atoms with E-state index in [0.29, 0.717) is 0 Å². The number of rotatable bonds is 19. The van der Waals surface area contributed by atoms with Crippen LogP contribution in [0.15, 0.2) is 0 Å². The lowest BCUT2D eigenvalue weighted by atomic mass is 10.0. The van der Waals surface area contributed by atoms with Gasteiger partial charge in [0, 0.05) is 13.3 Å². The Labute approximate surface area is 318 Å². The molecule has 0 aromatic rings. The zero-order chi connectivity index (χ0) is 51.9. The first kappa shape index (κ1) is 60.3. The van der Waals surface area contributed by atoms with Gasteiger partial charge in [0.05, 0.1) is 0 Å². The predicted octanol–water partition coefficient (Wildman–Crippen LogP) is 12.9. The third-order valence-electron chi connectivity index (χ3n) is 6.62. The van der Waals surface area contributed by atoms with E-state index in [1.807, 2.05) is 0 Å². The lowest BCUT2D eigenvalue weighted by molar-refractivity contribution is -0.601. The lowest BCUT2D eigenvalue weighted by Crippen LogP contribution is -2.73. The van der Waals surface area contributed by atoms with E-state index in [0.717, 1.165) is 18.9 Å². The number of ether oxygens (including phenoxy) is 5. The van der Waals surface area contributed by atoms with Gasteiger partial charge < -0.3 is 0 Å². The molecular formula is C22H10F36O5. The SMILES string of the molecule is CCCC(F)(F)C(F)(OC(F)(F)C(F)(OC(F)(F)C(F)(OC(F)(F)C(F)(OC(F)(F)C(F)(OC(F)(F)C(F)(F)C(C)(F)F)C(F)(F)F)C(F)(F)F)C(F)(F)F)C(F)(F)F)C(F)(F)F. The van der Waals surface area contributed by atoms with Crippen LogP contribution in [0.2, 0.25) is 0 Å². The number of hydrogen-bond donors (Lipinski definition) is 0. The van der Waals surface area contributed by atoms with Crippen molar-refractivity contribution in [2.24, 2.45) is 0 Å². The van der Waals surface area contributed by atoms with Crippen LogP contribution >= 0.6 is 0 Å². The molecule has 0 amide bonds. The summed E-state index contributed by atoms with van der Waals surface area (Å²) in [5.74, 6) is -66.9. The molecule has 0 saturated carbocycles. The topological polar surface area (TPSA) is 46.2 Å². The maximum atomic E-state index is 14.7. The minimum atomic E-state index is -9.59. The number of hydrogen-bond acceptors (Lipinski definition) is 5. The van der Waals surface area contributed by atoms with Gasteiger partial charge in [-0.1, -0.05) is 13.3 Å². The van der Waals surface area contributed by atoms with Crippen molar-refractivity contribution in [3.63, 3.8) is 0 Å². The number of alkyl halides is 36. The van der Waals surface area contributed by atoms with E-state index in [2.05, 4.69) is 0 Å². The molecule has 63 heavy (non-hydrogen) atoms. The van der Waals surface area contributed by atoms with Crippen molar-refractivity contribution in [2.75, 3.05) is 0 Å². The summed E-state index contributed by atoms with van der Waals surface area (Å²) < 4.78 is 498. The maximum absolute atomic E-state index is 14.7. The van der Waals surface area contributed by atoms with Gasteiger partial charge in [-0.2, -0.15) is 158 Å². The molecule has 0 spiro atoms. The highest BCUT2D eigenvalue weighted by Gasteiger charge is 2.91. The van der Waals surface area contributed by atoms with Gasteiger partial charge in [0.1, 0.15) is 0 Å². The average Bonchev–Trinajstić information content (AvgIpc) is 2.95. The van der Waals surface area contributed by atoms with Crippen LogP contribution in [0.3, 0.4) is 0 Å². The molecule has 0 aliphatic rings. The molecule has 0 saturated heterocycles. The highest BCUT2D eigenvalue weighted by Crippen LogP contribution is 2.63. The Morgan fingerprint density at radius 2 is 0.444 bits per heavy atom. The molecule has 0 fully saturated rings. The van der Waals surface area contributed by atoms with Crippen LogP contribution in [0.1, 0.15) is 26.7 Å². The molecule has 380 valence electrons. The van der Waals surface area contributed by atoms with Crippen LogP contribution in [0.25, 0.3) is 0 Å². The molecule has 5 atom stereocenters. The third kappa shape index (κ3) is 10.0. The average molecular weight is 1040 g/mol. The van der Waals surface area contributed by atoms with E-state index >= 15 is 0 Å². The quantitative estimate of drug-likeness (QED) is 0.121. The zero-order valence-corrected chi connectivity index (χ0v) is 28.1. The van der Waals surface area contributed by atoms with Gasteiger partial charge >= 0.3 is 108 Å². The van der Waals surface area contributed by atoms with Crippen LogP contribution in [-0.2, 0) is 23.7 Å². The van der Waals surface area contributed by atoms with E-state index in [1.165, 1.54) is 4.74 Å². The van der Waals surface area contributed by atoms with E-state index in [9.17, 15) is 158 Å². The summed E-state index contributed by atoms with van der Waals surface area (Å²) in [7, 11) is 0. The fourth-order valence-corrected chi connectivity index (χ4v) is 3.41. The molecule has 0 heterocycles. The van der Waals surface area contributed by atoms with Crippen molar-refractivity contribution in [3.05, 3.63) is 0 Å². The van der Waals surface area contributed by atoms with E-state index in [-0.39, 0.29) is 6.92 Å². The normalized spacial score (nSPS) is 20.7. The standard InChI is InChI=1S/C22H10F36O5/c1-3-4-6(25,26)8(29,13(34,35)36)59-19(51,52)10(31,15(40,41)42)61-21(55,56)12(33,17(46,47)48)63-22(57,58)11(32,16(43,44)45)62-20(53,54)9(30,14(37,38)39)60-18(49,50)7(27,28)5(2,23)24/h3-4H2,1-2H3. The first-order chi connectivity index (χ1) is 26.6. The highest BCUT2D eigenvalue weighted by atomic mass is 19.4. The summed E-state index contributed by atoms with van der Waals surface area (Å²) in [4.78, 5) is 0. The molecule has 5 unspecified atom stereocenters. The third-order valence-corrected chi connectivity index (χ3v) is 6.62. The first-order valence-electron chi connectivity index (χ1n) is 13.9. The zero-order valence-electron chi connectivity index (χ0n) is 28.1. The molecule has 5 nitrogen and oxygen atoms in total. The van der Waals surface area contributed by atoms with Crippen molar-refractivity contribution in [1.29, 1.82) is 0 Å². The molecule has 0 aromatic carbocycles. The van der Waals surface area contributed by atoms with Gasteiger partial charge in [-0.3, -0.25) is 23.7 Å². The van der Waals surface area contributed by atoms with Crippen LogP contribution in [-0.4, -0.2) is 108 Å². The van der Waals surface area contributed by atoms with Gasteiger partial charge in [0.2, 0.25) is 0 Å². The van der Waals surface area contributed by atoms with Gasteiger partial charge in [-0.25, -0.2) is 0 Å². The minimum absolute atomic E-state index is 0.224. The molecule has 41 heteroatoms. The second-order valence-corrected chi connectivity index (χ2v) is 11.5. The van der Waals surface area contributed by atoms with Gasteiger partial charge in [-0.15, -0.1) is 0 Å². The van der Waals surface area contributed by atoms with Gasteiger partial charge in [0.15, 0.2) is 0 Å². The van der Waals surface area contributed by atoms with Crippen molar-refractivity contribution in [3.8, 4) is 0 Å². The second kappa shape index (κ2) is 16.0. The molecular weight excluding hydrogens is 1030 g/mol. The monoisotopic (exact) mass is 1040 g/mol. The second-order valence-electron chi connectivity index (χ2n) is 11.5. The summed E-state index contributed by atoms with van der Waals surface area (Å²) in [6, 6.07) is 0. The largest absolute Gasteiger partial charge is 0.458 e. The van der Waals surface area contributed by atoms with Gasteiger partial charge in [0.25, 0.3) is 0 Å². The summed E-state index contributed by atoms with van der Waals surface area (Å²) in [5.41, 5.74) is 0. The Balaban J connectivity index is 8.11. The summed E-state index contributed by atoms with van der Waals surface area (Å²) in [6.07, 6.45) is -94.4. The van der Waals surface area contributed by atoms with Crippen LogP contribution in [0, 0.1) is 0 Å². The Morgan fingerprint density at radius 3 is 0.603 bits per heavy atom. The first-order valence-corrected chi connectivity index (χ1v) is 13.9. The molecule has 0 aromatic heterocycles. The van der Waals surface area contributed by atoms with Crippen molar-refractivity contribution in [1.82, 2.24) is 0 Å². The van der Waals surface area contributed by atoms with E-state index in [4.69, 9.17) is 0 Å². The molecule has 0 aliphatic carbocycles. The fraction of sp³-hybridized carbons (Fsp3) is 1.00. The molecule has 0 bridgehead atoms. The van der Waals surface area contributed by atoms with Crippen molar-refractivity contribution in [2.45, 2.75) is 135 Å². The van der Waals surface area contributed by atoms with Gasteiger partial charge in [-0.05, 0) is 0 Å². The molecule has 0 radical (unpaired) electrons.